The number of carbonyl (C=O) groups excluding carboxylic acids is 2. The van der Waals surface area contributed by atoms with Gasteiger partial charge in [-0.3, -0.25) is 0 Å². The van der Waals surface area contributed by atoms with Crippen molar-refractivity contribution in [2.24, 2.45) is 0 Å². The van der Waals surface area contributed by atoms with Crippen LogP contribution in [-0.4, -0.2) is 24.6 Å². The van der Waals surface area contributed by atoms with E-state index in [1.165, 1.54) is 75.6 Å². The minimum Gasteiger partial charge on any atom is -0.491 e. The Morgan fingerprint density at radius 3 is 1.95 bits per heavy atom. The predicted molar refractivity (Wildman–Crippen MR) is 150 cm³/mol. The average molecular weight is 529 g/mol. The maximum absolute atomic E-state index is 14.5. The van der Waals surface area contributed by atoms with Crippen LogP contribution >= 0.6 is 0 Å². The van der Waals surface area contributed by atoms with E-state index < -0.39 is 17.8 Å². The summed E-state index contributed by atoms with van der Waals surface area (Å²) in [6.07, 6.45) is 14.7. The molecule has 0 radical (unpaired) electrons. The molecule has 1 unspecified atom stereocenters. The standard InChI is InChI=1S/C32H45FO5/c1-4-6-8-10-11-12-13-15-23-36-30-22-19-27(24-29(30)33)32(35)38-28-20-17-26(18-21-28)31(34)37-25(3)16-14-9-7-5-2/h17-22,24-25H,4-16,23H2,1-3H3. The van der Waals surface area contributed by atoms with Crippen molar-refractivity contribution in [1.82, 2.24) is 0 Å². The van der Waals surface area contributed by atoms with Crippen molar-refractivity contribution < 1.29 is 28.2 Å². The van der Waals surface area contributed by atoms with Crippen LogP contribution in [0.3, 0.4) is 0 Å². The molecule has 6 heteroatoms. The first-order valence-electron chi connectivity index (χ1n) is 14.4. The van der Waals surface area contributed by atoms with Crippen molar-refractivity contribution in [3.8, 4) is 11.5 Å². The molecule has 2 aromatic rings. The fourth-order valence-electron chi connectivity index (χ4n) is 4.16. The van der Waals surface area contributed by atoms with Gasteiger partial charge < -0.3 is 14.2 Å². The van der Waals surface area contributed by atoms with Crippen LogP contribution in [-0.2, 0) is 4.74 Å². The molecule has 0 aromatic heterocycles. The van der Waals surface area contributed by atoms with E-state index in [1.807, 2.05) is 6.92 Å². The largest absolute Gasteiger partial charge is 0.491 e. The molecule has 0 amide bonds. The number of rotatable bonds is 19. The zero-order valence-electron chi connectivity index (χ0n) is 23.4. The Balaban J connectivity index is 1.75. The number of benzene rings is 2. The molecule has 2 aromatic carbocycles. The second-order valence-corrected chi connectivity index (χ2v) is 9.95. The van der Waals surface area contributed by atoms with Crippen LogP contribution < -0.4 is 9.47 Å². The molecular formula is C32H45FO5. The van der Waals surface area contributed by atoms with E-state index in [4.69, 9.17) is 14.2 Å². The fourth-order valence-corrected chi connectivity index (χ4v) is 4.16. The molecule has 5 nitrogen and oxygen atoms in total. The third-order valence-electron chi connectivity index (χ3n) is 6.50. The molecule has 0 aliphatic carbocycles. The molecule has 0 N–H and O–H groups in total. The zero-order valence-corrected chi connectivity index (χ0v) is 23.4. The molecule has 0 bridgehead atoms. The van der Waals surface area contributed by atoms with Crippen LogP contribution in [0.5, 0.6) is 11.5 Å². The SMILES string of the molecule is CCCCCCCCCCOc1ccc(C(=O)Oc2ccc(C(=O)OC(C)CCCCCC)cc2)cc1F. The monoisotopic (exact) mass is 528 g/mol. The first kappa shape index (κ1) is 31.3. The summed E-state index contributed by atoms with van der Waals surface area (Å²) in [6.45, 7) is 6.71. The third kappa shape index (κ3) is 12.1. The summed E-state index contributed by atoms with van der Waals surface area (Å²) < 4.78 is 30.9. The van der Waals surface area contributed by atoms with Crippen LogP contribution in [0.15, 0.2) is 42.5 Å². The summed E-state index contributed by atoms with van der Waals surface area (Å²) in [5.74, 6) is -1.30. The maximum Gasteiger partial charge on any atom is 0.343 e. The number of halogens is 1. The Hall–Kier alpha value is -2.89. The highest BCUT2D eigenvalue weighted by atomic mass is 19.1. The molecule has 0 aliphatic rings. The van der Waals surface area contributed by atoms with E-state index in [9.17, 15) is 14.0 Å². The van der Waals surface area contributed by atoms with Gasteiger partial charge in [-0.2, -0.15) is 0 Å². The summed E-state index contributed by atoms with van der Waals surface area (Å²) in [6, 6.07) is 10.2. The molecule has 0 saturated carbocycles. The van der Waals surface area contributed by atoms with E-state index in [2.05, 4.69) is 13.8 Å². The predicted octanol–water partition coefficient (Wildman–Crippen LogP) is 9.08. The number of ether oxygens (including phenoxy) is 3. The van der Waals surface area contributed by atoms with E-state index in [-0.39, 0.29) is 23.2 Å². The zero-order chi connectivity index (χ0) is 27.6. The lowest BCUT2D eigenvalue weighted by molar-refractivity contribution is 0.0319. The van der Waals surface area contributed by atoms with Gasteiger partial charge in [-0.1, -0.05) is 78.1 Å². The number of hydrogen-bond acceptors (Lipinski definition) is 5. The van der Waals surface area contributed by atoms with Crippen molar-refractivity contribution in [3.63, 3.8) is 0 Å². The van der Waals surface area contributed by atoms with Gasteiger partial charge in [0.25, 0.3) is 0 Å². The lowest BCUT2D eigenvalue weighted by Gasteiger charge is -2.13. The van der Waals surface area contributed by atoms with Gasteiger partial charge in [0.1, 0.15) is 5.75 Å². The summed E-state index contributed by atoms with van der Waals surface area (Å²) in [7, 11) is 0. The molecule has 210 valence electrons. The van der Waals surface area contributed by atoms with Gasteiger partial charge in [-0.05, 0) is 68.7 Å². The van der Waals surface area contributed by atoms with Crippen LogP contribution in [0, 0.1) is 5.82 Å². The fraction of sp³-hybridized carbons (Fsp3) is 0.562. The molecule has 0 saturated heterocycles. The Bertz CT molecular complexity index is 957. The van der Waals surface area contributed by atoms with Crippen molar-refractivity contribution in [1.29, 1.82) is 0 Å². The Morgan fingerprint density at radius 1 is 0.737 bits per heavy atom. The summed E-state index contributed by atoms with van der Waals surface area (Å²) in [5.41, 5.74) is 0.469. The van der Waals surface area contributed by atoms with E-state index in [1.54, 1.807) is 12.1 Å². The summed E-state index contributed by atoms with van der Waals surface area (Å²) >= 11 is 0. The van der Waals surface area contributed by atoms with Gasteiger partial charge in [-0.25, -0.2) is 14.0 Å². The molecule has 0 heterocycles. The topological polar surface area (TPSA) is 61.8 Å². The molecule has 2 rings (SSSR count). The first-order valence-corrected chi connectivity index (χ1v) is 14.4. The lowest BCUT2D eigenvalue weighted by Crippen LogP contribution is -2.15. The van der Waals surface area contributed by atoms with E-state index in [0.717, 1.165) is 38.2 Å². The molecule has 0 spiro atoms. The van der Waals surface area contributed by atoms with Crippen LogP contribution in [0.2, 0.25) is 0 Å². The quantitative estimate of drug-likeness (QED) is 0.103. The van der Waals surface area contributed by atoms with Gasteiger partial charge >= 0.3 is 11.9 Å². The van der Waals surface area contributed by atoms with Gasteiger partial charge in [0.05, 0.1) is 23.8 Å². The summed E-state index contributed by atoms with van der Waals surface area (Å²) in [5, 5.41) is 0. The highest BCUT2D eigenvalue weighted by Gasteiger charge is 2.15. The van der Waals surface area contributed by atoms with Gasteiger partial charge in [0.15, 0.2) is 11.6 Å². The molecular weight excluding hydrogens is 483 g/mol. The number of carbonyl (C=O) groups is 2. The second kappa shape index (κ2) is 18.4. The van der Waals surface area contributed by atoms with Crippen LogP contribution in [0.1, 0.15) is 125 Å². The van der Waals surface area contributed by atoms with Gasteiger partial charge in [-0.15, -0.1) is 0 Å². The van der Waals surface area contributed by atoms with Gasteiger partial charge in [0, 0.05) is 0 Å². The first-order chi connectivity index (χ1) is 18.4. The Labute approximate surface area is 228 Å². The van der Waals surface area contributed by atoms with Crippen molar-refractivity contribution in [2.45, 2.75) is 110 Å². The highest BCUT2D eigenvalue weighted by molar-refractivity contribution is 5.92. The summed E-state index contributed by atoms with van der Waals surface area (Å²) in [4.78, 5) is 24.9. The molecule has 0 fully saturated rings. The molecule has 0 aliphatic heterocycles. The van der Waals surface area contributed by atoms with Gasteiger partial charge in [0.2, 0.25) is 0 Å². The second-order valence-electron chi connectivity index (χ2n) is 9.95. The third-order valence-corrected chi connectivity index (χ3v) is 6.50. The van der Waals surface area contributed by atoms with Crippen molar-refractivity contribution in [2.75, 3.05) is 6.61 Å². The smallest absolute Gasteiger partial charge is 0.343 e. The number of hydrogen-bond donors (Lipinski definition) is 0. The highest BCUT2D eigenvalue weighted by Crippen LogP contribution is 2.21. The minimum absolute atomic E-state index is 0.0855. The lowest BCUT2D eigenvalue weighted by atomic mass is 10.1. The minimum atomic E-state index is -0.686. The van der Waals surface area contributed by atoms with Crippen molar-refractivity contribution >= 4 is 11.9 Å². The number of unbranched alkanes of at least 4 members (excludes halogenated alkanes) is 10. The van der Waals surface area contributed by atoms with E-state index in [0.29, 0.717) is 12.2 Å². The average Bonchev–Trinajstić information content (AvgIpc) is 2.91. The number of esters is 2. The van der Waals surface area contributed by atoms with Crippen molar-refractivity contribution in [3.05, 3.63) is 59.4 Å². The van der Waals surface area contributed by atoms with E-state index >= 15 is 0 Å². The normalized spacial score (nSPS) is 11.7. The van der Waals surface area contributed by atoms with Crippen LogP contribution in [0.4, 0.5) is 4.39 Å². The molecule has 1 atom stereocenters. The Morgan fingerprint density at radius 2 is 1.32 bits per heavy atom. The van der Waals surface area contributed by atoms with Crippen LogP contribution in [0.25, 0.3) is 0 Å². The maximum atomic E-state index is 14.5. The molecule has 38 heavy (non-hydrogen) atoms. The Kier molecular flexibility index (Phi) is 15.1.